The number of hydroxylamine groups is 2. The van der Waals surface area contributed by atoms with Crippen LogP contribution < -0.4 is 0 Å². The number of hydrogen-bond donors (Lipinski definition) is 0. The average molecular weight is 637 g/mol. The quantitative estimate of drug-likeness (QED) is 0.150. The molecule has 234 valence electrons. The van der Waals surface area contributed by atoms with E-state index >= 15 is 0 Å². The fourth-order valence-electron chi connectivity index (χ4n) is 4.07. The Balaban J connectivity index is 2.96. The van der Waals surface area contributed by atoms with Gasteiger partial charge >= 0.3 is 34.2 Å². The van der Waals surface area contributed by atoms with Gasteiger partial charge < -0.3 is 36.7 Å². The van der Waals surface area contributed by atoms with Crippen LogP contribution in [0.2, 0.25) is 0 Å². The van der Waals surface area contributed by atoms with Gasteiger partial charge in [-0.05, 0) is 69.2 Å². The molecule has 3 atom stereocenters. The van der Waals surface area contributed by atoms with Crippen LogP contribution >= 0.6 is 22.8 Å². The second-order valence-corrected chi connectivity index (χ2v) is 15.9. The van der Waals surface area contributed by atoms with E-state index < -0.39 is 76.0 Å². The first-order valence-electron chi connectivity index (χ1n) is 13.1. The van der Waals surface area contributed by atoms with Crippen LogP contribution in [0.25, 0.3) is 0 Å². The van der Waals surface area contributed by atoms with E-state index in [0.29, 0.717) is 5.06 Å². The summed E-state index contributed by atoms with van der Waals surface area (Å²) >= 11 is 0. The molecule has 40 heavy (non-hydrogen) atoms. The lowest BCUT2D eigenvalue weighted by Crippen LogP contribution is -2.51. The number of esters is 1. The Kier molecular flexibility index (Phi) is 12.0. The predicted molar refractivity (Wildman–Crippen MR) is 144 cm³/mol. The van der Waals surface area contributed by atoms with E-state index in [4.69, 9.17) is 41.6 Å². The molecule has 2 aliphatic rings. The Labute approximate surface area is 236 Å². The molecule has 15 nitrogen and oxygen atoms in total. The molecule has 0 N–H and O–H groups in total. The van der Waals surface area contributed by atoms with Crippen molar-refractivity contribution >= 4 is 34.3 Å². The number of methoxy groups -OCH3 is 1. The fraction of sp³-hybridized carbons (Fsp3) is 0.909. The summed E-state index contributed by atoms with van der Waals surface area (Å²) in [5.74, 6) is -4.79. The zero-order valence-electron chi connectivity index (χ0n) is 24.9. The lowest BCUT2D eigenvalue weighted by molar-refractivity contribution is -0.171. The molecule has 1 fully saturated rings. The van der Waals surface area contributed by atoms with Gasteiger partial charge in [-0.1, -0.05) is 5.16 Å². The number of amidine groups is 1. The minimum absolute atomic E-state index is 0.103. The molecule has 0 aromatic carbocycles. The van der Waals surface area contributed by atoms with E-state index in [2.05, 4.69) is 5.16 Å². The number of oxime groups is 1. The lowest BCUT2D eigenvalue weighted by Gasteiger charge is -2.38. The third kappa shape index (κ3) is 6.86. The SMILES string of the molecule is CCOP(=O)(OCC)C1ON2C(P(=O)(OC(C)C)OC(C)C)=NOC2(P(=O)(OC(C)C)OC(C)C)C1C(=O)OC. The van der Waals surface area contributed by atoms with Crippen LogP contribution in [0, 0.1) is 5.92 Å². The number of hydrogen-bond acceptors (Lipinski definition) is 15. The van der Waals surface area contributed by atoms with Crippen molar-refractivity contribution in [1.29, 1.82) is 0 Å². The van der Waals surface area contributed by atoms with Crippen LogP contribution in [0.5, 0.6) is 0 Å². The van der Waals surface area contributed by atoms with E-state index in [-0.39, 0.29) is 13.2 Å². The van der Waals surface area contributed by atoms with Crippen molar-refractivity contribution < 1.29 is 60.0 Å². The van der Waals surface area contributed by atoms with Crippen LogP contribution in [-0.2, 0) is 60.0 Å². The molecule has 18 heteroatoms. The van der Waals surface area contributed by atoms with Crippen LogP contribution in [0.3, 0.4) is 0 Å². The zero-order chi connectivity index (χ0) is 30.7. The molecular weight excluding hydrogens is 593 g/mol. The molecule has 0 aromatic heterocycles. The van der Waals surface area contributed by atoms with Gasteiger partial charge in [-0.15, -0.1) is 0 Å². The first-order chi connectivity index (χ1) is 18.5. The van der Waals surface area contributed by atoms with Gasteiger partial charge in [0.2, 0.25) is 5.85 Å². The van der Waals surface area contributed by atoms with E-state index in [9.17, 15) is 18.5 Å². The molecule has 0 spiro atoms. The molecule has 3 unspecified atom stereocenters. The summed E-state index contributed by atoms with van der Waals surface area (Å²) in [5.41, 5.74) is -3.24. The summed E-state index contributed by atoms with van der Waals surface area (Å²) in [6.07, 6.45) is -2.80. The van der Waals surface area contributed by atoms with Gasteiger partial charge in [0, 0.05) is 0 Å². The van der Waals surface area contributed by atoms with Crippen molar-refractivity contribution in [3.63, 3.8) is 0 Å². The fourth-order valence-corrected chi connectivity index (χ4v) is 10.7. The maximum Gasteiger partial charge on any atom is 0.402 e. The summed E-state index contributed by atoms with van der Waals surface area (Å²) < 4.78 is 82.2. The Morgan fingerprint density at radius 2 is 1.32 bits per heavy atom. The highest BCUT2D eigenvalue weighted by atomic mass is 31.2. The number of fused-ring (bicyclic) bond motifs is 1. The van der Waals surface area contributed by atoms with Gasteiger partial charge in [-0.25, -0.2) is 4.84 Å². The Morgan fingerprint density at radius 1 is 0.875 bits per heavy atom. The molecule has 0 amide bonds. The number of rotatable bonds is 16. The average Bonchev–Trinajstić information content (AvgIpc) is 3.33. The number of nitrogens with zero attached hydrogens (tertiary/aromatic N) is 2. The summed E-state index contributed by atoms with van der Waals surface area (Å²) in [4.78, 5) is 25.3. The summed E-state index contributed by atoms with van der Waals surface area (Å²) in [7, 11) is -12.5. The third-order valence-corrected chi connectivity index (χ3v) is 12.2. The Hall–Kier alpha value is -0.850. The minimum Gasteiger partial charge on any atom is -0.469 e. The van der Waals surface area contributed by atoms with Crippen molar-refractivity contribution in [2.75, 3.05) is 20.3 Å². The second kappa shape index (κ2) is 13.6. The molecule has 0 saturated carbocycles. The zero-order valence-corrected chi connectivity index (χ0v) is 27.6. The van der Waals surface area contributed by atoms with Gasteiger partial charge in [-0.2, -0.15) is 5.06 Å². The van der Waals surface area contributed by atoms with Gasteiger partial charge in [0.15, 0.2) is 5.92 Å². The summed E-state index contributed by atoms with van der Waals surface area (Å²) in [5, 5.41) is 4.60. The van der Waals surface area contributed by atoms with E-state index in [0.717, 1.165) is 7.11 Å². The van der Waals surface area contributed by atoms with E-state index in [1.54, 1.807) is 69.2 Å². The Bertz CT molecular complexity index is 1030. The molecule has 1 saturated heterocycles. The molecule has 0 bridgehead atoms. The van der Waals surface area contributed by atoms with Crippen LogP contribution in [0.15, 0.2) is 5.16 Å². The van der Waals surface area contributed by atoms with Gasteiger partial charge in [0.05, 0.1) is 44.7 Å². The first kappa shape index (κ1) is 35.3. The lowest BCUT2D eigenvalue weighted by atomic mass is 10.1. The topological polar surface area (TPSA) is 167 Å². The van der Waals surface area contributed by atoms with Crippen molar-refractivity contribution in [2.45, 2.75) is 105 Å². The van der Waals surface area contributed by atoms with Gasteiger partial charge in [0.1, 0.15) is 0 Å². The minimum atomic E-state index is -4.75. The number of ether oxygens (including phenoxy) is 1. The third-order valence-electron chi connectivity index (χ3n) is 5.06. The van der Waals surface area contributed by atoms with Crippen molar-refractivity contribution in [3.8, 4) is 0 Å². The monoisotopic (exact) mass is 636 g/mol. The molecule has 0 aliphatic carbocycles. The van der Waals surface area contributed by atoms with E-state index in [1.807, 2.05) is 0 Å². The second-order valence-electron chi connectivity index (χ2n) is 9.92. The maximum absolute atomic E-state index is 14.9. The standard InChI is InChI=1S/C22H43N2O13P3/c1-12-30-38(26,31-13-2)20-18(19(25)29-11)22(40(28,35-16(7)8)36-17(9)10)24(32-20)21(23-37-22)39(27,33-14(3)4)34-15(5)6/h14-18,20H,12-13H2,1-11H3. The maximum atomic E-state index is 14.9. The Morgan fingerprint density at radius 3 is 1.70 bits per heavy atom. The molecule has 2 aliphatic heterocycles. The molecule has 2 rings (SSSR count). The van der Waals surface area contributed by atoms with Crippen molar-refractivity contribution in [2.24, 2.45) is 11.1 Å². The van der Waals surface area contributed by atoms with E-state index in [1.165, 1.54) is 0 Å². The smallest absolute Gasteiger partial charge is 0.402 e. The largest absolute Gasteiger partial charge is 0.469 e. The van der Waals surface area contributed by atoms with Crippen LogP contribution in [0.4, 0.5) is 0 Å². The van der Waals surface area contributed by atoms with Gasteiger partial charge in [0.25, 0.3) is 5.58 Å². The molecule has 2 heterocycles. The number of carbonyl (C=O) groups is 1. The highest BCUT2D eigenvalue weighted by Crippen LogP contribution is 2.76. The summed E-state index contributed by atoms with van der Waals surface area (Å²) in [6, 6.07) is 0. The molecule has 0 aromatic rings. The van der Waals surface area contributed by atoms with Crippen LogP contribution in [0.1, 0.15) is 69.2 Å². The first-order valence-corrected chi connectivity index (χ1v) is 17.8. The number of carbonyl (C=O) groups excluding carboxylic acids is 1. The molecule has 0 radical (unpaired) electrons. The predicted octanol–water partition coefficient (Wildman–Crippen LogP) is 5.66. The summed E-state index contributed by atoms with van der Waals surface area (Å²) in [6.45, 7) is 15.7. The van der Waals surface area contributed by atoms with Crippen LogP contribution in [-0.4, -0.2) is 72.7 Å². The molecular formula is C22H43N2O13P3. The van der Waals surface area contributed by atoms with Gasteiger partial charge in [-0.3, -0.25) is 18.5 Å². The van der Waals surface area contributed by atoms with Crippen molar-refractivity contribution in [1.82, 2.24) is 5.06 Å². The highest BCUT2D eigenvalue weighted by molar-refractivity contribution is 7.72. The highest BCUT2D eigenvalue weighted by Gasteiger charge is 2.81. The van der Waals surface area contributed by atoms with Crippen molar-refractivity contribution in [3.05, 3.63) is 0 Å². The normalized spacial score (nSPS) is 23.8.